The SMILES string of the molecule is CCCOCCOc1cc(C)nc2ccc(N)cc12. The maximum atomic E-state index is 5.82. The minimum atomic E-state index is 0.535. The fourth-order valence-electron chi connectivity index (χ4n) is 1.91. The van der Waals surface area contributed by atoms with E-state index in [1.54, 1.807) is 0 Å². The highest BCUT2D eigenvalue weighted by atomic mass is 16.5. The number of aryl methyl sites for hydroxylation is 1. The standard InChI is InChI=1S/C15H20N2O2/c1-3-6-18-7-8-19-15-9-11(2)17-14-5-4-12(16)10-13(14)15/h4-5,9-10H,3,6-8,16H2,1-2H3. The van der Waals surface area contributed by atoms with Crippen molar-refractivity contribution in [1.29, 1.82) is 0 Å². The van der Waals surface area contributed by atoms with Crippen LogP contribution in [0.5, 0.6) is 5.75 Å². The smallest absolute Gasteiger partial charge is 0.130 e. The van der Waals surface area contributed by atoms with Gasteiger partial charge in [0, 0.05) is 29.4 Å². The van der Waals surface area contributed by atoms with E-state index >= 15 is 0 Å². The summed E-state index contributed by atoms with van der Waals surface area (Å²) in [6, 6.07) is 7.59. The Balaban J connectivity index is 2.14. The first kappa shape index (κ1) is 13.6. The molecule has 4 nitrogen and oxygen atoms in total. The van der Waals surface area contributed by atoms with Gasteiger partial charge in [-0.15, -0.1) is 0 Å². The summed E-state index contributed by atoms with van der Waals surface area (Å²) in [6.07, 6.45) is 1.02. The van der Waals surface area contributed by atoms with Gasteiger partial charge < -0.3 is 15.2 Å². The van der Waals surface area contributed by atoms with Crippen molar-refractivity contribution >= 4 is 16.6 Å². The van der Waals surface area contributed by atoms with Gasteiger partial charge in [0.1, 0.15) is 12.4 Å². The molecule has 19 heavy (non-hydrogen) atoms. The Hall–Kier alpha value is -1.81. The second-order valence-electron chi connectivity index (χ2n) is 4.50. The van der Waals surface area contributed by atoms with Crippen molar-refractivity contribution in [2.45, 2.75) is 20.3 Å². The fourth-order valence-corrected chi connectivity index (χ4v) is 1.91. The van der Waals surface area contributed by atoms with Gasteiger partial charge in [-0.1, -0.05) is 6.92 Å². The predicted octanol–water partition coefficient (Wildman–Crippen LogP) is 2.93. The monoisotopic (exact) mass is 260 g/mol. The molecule has 0 spiro atoms. The van der Waals surface area contributed by atoms with Crippen molar-refractivity contribution in [3.05, 3.63) is 30.0 Å². The molecule has 2 aromatic rings. The summed E-state index contributed by atoms with van der Waals surface area (Å²) in [7, 11) is 0. The van der Waals surface area contributed by atoms with E-state index < -0.39 is 0 Å². The Kier molecular flexibility index (Phi) is 4.58. The summed E-state index contributed by atoms with van der Waals surface area (Å²) >= 11 is 0. The zero-order valence-electron chi connectivity index (χ0n) is 11.5. The molecule has 0 saturated carbocycles. The van der Waals surface area contributed by atoms with Gasteiger partial charge in [0.15, 0.2) is 0 Å². The molecule has 0 radical (unpaired) electrons. The van der Waals surface area contributed by atoms with Gasteiger partial charge in [-0.2, -0.15) is 0 Å². The zero-order chi connectivity index (χ0) is 13.7. The Morgan fingerprint density at radius 3 is 2.79 bits per heavy atom. The largest absolute Gasteiger partial charge is 0.490 e. The van der Waals surface area contributed by atoms with Gasteiger partial charge in [0.05, 0.1) is 12.1 Å². The number of benzene rings is 1. The average molecular weight is 260 g/mol. The number of aromatic nitrogens is 1. The van der Waals surface area contributed by atoms with E-state index in [1.165, 1.54) is 0 Å². The Morgan fingerprint density at radius 1 is 1.16 bits per heavy atom. The molecule has 0 fully saturated rings. The van der Waals surface area contributed by atoms with Crippen molar-refractivity contribution in [3.63, 3.8) is 0 Å². The van der Waals surface area contributed by atoms with Crippen molar-refractivity contribution < 1.29 is 9.47 Å². The molecule has 0 aliphatic carbocycles. The van der Waals surface area contributed by atoms with Crippen LogP contribution < -0.4 is 10.5 Å². The highest BCUT2D eigenvalue weighted by molar-refractivity contribution is 5.87. The van der Waals surface area contributed by atoms with E-state index in [9.17, 15) is 0 Å². The van der Waals surface area contributed by atoms with Crippen LogP contribution in [-0.4, -0.2) is 24.8 Å². The molecule has 1 heterocycles. The molecule has 4 heteroatoms. The van der Waals surface area contributed by atoms with Crippen LogP contribution in [0.4, 0.5) is 5.69 Å². The number of hydrogen-bond donors (Lipinski definition) is 1. The average Bonchev–Trinajstić information content (AvgIpc) is 2.39. The second-order valence-corrected chi connectivity index (χ2v) is 4.50. The molecule has 2 rings (SSSR count). The highest BCUT2D eigenvalue weighted by Gasteiger charge is 2.05. The molecule has 0 unspecified atom stereocenters. The van der Waals surface area contributed by atoms with Crippen LogP contribution in [0.1, 0.15) is 19.0 Å². The first-order chi connectivity index (χ1) is 9.20. The lowest BCUT2D eigenvalue weighted by Gasteiger charge is -2.11. The third kappa shape index (κ3) is 3.58. The van der Waals surface area contributed by atoms with Crippen molar-refractivity contribution in [3.8, 4) is 5.75 Å². The summed E-state index contributed by atoms with van der Waals surface area (Å²) in [5, 5.41) is 0.945. The molecule has 0 saturated heterocycles. The Labute approximate surface area is 113 Å². The lowest BCUT2D eigenvalue weighted by molar-refractivity contribution is 0.101. The Bertz CT molecular complexity index is 555. The molecule has 1 aromatic carbocycles. The molecule has 0 atom stereocenters. The molecular formula is C15H20N2O2. The normalized spacial score (nSPS) is 10.8. The van der Waals surface area contributed by atoms with E-state index in [1.807, 2.05) is 31.2 Å². The molecule has 102 valence electrons. The van der Waals surface area contributed by atoms with Gasteiger partial charge in [0.25, 0.3) is 0 Å². The van der Waals surface area contributed by atoms with Crippen LogP contribution in [-0.2, 0) is 4.74 Å². The van der Waals surface area contributed by atoms with Gasteiger partial charge >= 0.3 is 0 Å². The Morgan fingerprint density at radius 2 is 2.00 bits per heavy atom. The molecular weight excluding hydrogens is 240 g/mol. The molecule has 0 bridgehead atoms. The number of rotatable bonds is 6. The van der Waals surface area contributed by atoms with E-state index in [0.717, 1.165) is 35.4 Å². The highest BCUT2D eigenvalue weighted by Crippen LogP contribution is 2.27. The van der Waals surface area contributed by atoms with Crippen molar-refractivity contribution in [1.82, 2.24) is 4.98 Å². The summed E-state index contributed by atoms with van der Waals surface area (Å²) in [5.41, 5.74) is 8.36. The third-order valence-electron chi connectivity index (χ3n) is 2.76. The van der Waals surface area contributed by atoms with Crippen LogP contribution in [0.25, 0.3) is 10.9 Å². The van der Waals surface area contributed by atoms with Crippen LogP contribution >= 0.6 is 0 Å². The number of anilines is 1. The molecule has 0 aliphatic heterocycles. The van der Waals surface area contributed by atoms with E-state index in [2.05, 4.69) is 11.9 Å². The van der Waals surface area contributed by atoms with Gasteiger partial charge in [-0.05, 0) is 31.5 Å². The van der Waals surface area contributed by atoms with Gasteiger partial charge in [-0.25, -0.2) is 0 Å². The number of fused-ring (bicyclic) bond motifs is 1. The quantitative estimate of drug-likeness (QED) is 0.641. The van der Waals surface area contributed by atoms with Gasteiger partial charge in [0.2, 0.25) is 0 Å². The van der Waals surface area contributed by atoms with Crippen molar-refractivity contribution in [2.24, 2.45) is 0 Å². The van der Waals surface area contributed by atoms with Crippen LogP contribution in [0.2, 0.25) is 0 Å². The zero-order valence-corrected chi connectivity index (χ0v) is 11.5. The summed E-state index contributed by atoms with van der Waals surface area (Å²) in [5.74, 6) is 0.815. The molecule has 2 N–H and O–H groups in total. The maximum absolute atomic E-state index is 5.82. The predicted molar refractivity (Wildman–Crippen MR) is 77.5 cm³/mol. The third-order valence-corrected chi connectivity index (χ3v) is 2.76. The minimum absolute atomic E-state index is 0.535. The molecule has 0 amide bonds. The number of ether oxygens (including phenoxy) is 2. The van der Waals surface area contributed by atoms with Gasteiger partial charge in [-0.3, -0.25) is 4.98 Å². The molecule has 0 aliphatic rings. The summed E-state index contributed by atoms with van der Waals surface area (Å²) < 4.78 is 11.2. The van der Waals surface area contributed by atoms with E-state index in [-0.39, 0.29) is 0 Å². The van der Waals surface area contributed by atoms with E-state index in [4.69, 9.17) is 15.2 Å². The maximum Gasteiger partial charge on any atom is 0.130 e. The first-order valence-electron chi connectivity index (χ1n) is 6.58. The van der Waals surface area contributed by atoms with Crippen molar-refractivity contribution in [2.75, 3.05) is 25.6 Å². The van der Waals surface area contributed by atoms with Crippen LogP contribution in [0.3, 0.4) is 0 Å². The summed E-state index contributed by atoms with van der Waals surface area (Å²) in [4.78, 5) is 4.47. The number of nitrogen functional groups attached to an aromatic ring is 1. The first-order valence-corrected chi connectivity index (χ1v) is 6.58. The lowest BCUT2D eigenvalue weighted by Crippen LogP contribution is -2.07. The second kappa shape index (κ2) is 6.38. The number of nitrogens with two attached hydrogens (primary N) is 1. The molecule has 1 aromatic heterocycles. The number of pyridine rings is 1. The van der Waals surface area contributed by atoms with Crippen LogP contribution in [0, 0.1) is 6.92 Å². The van der Waals surface area contributed by atoms with Crippen LogP contribution in [0.15, 0.2) is 24.3 Å². The summed E-state index contributed by atoms with van der Waals surface area (Å²) in [6.45, 7) is 5.94. The number of nitrogens with zero attached hydrogens (tertiary/aromatic N) is 1. The minimum Gasteiger partial charge on any atom is -0.490 e. The fraction of sp³-hybridized carbons (Fsp3) is 0.400. The topological polar surface area (TPSA) is 57.4 Å². The van der Waals surface area contributed by atoms with E-state index in [0.29, 0.717) is 18.9 Å². The lowest BCUT2D eigenvalue weighted by atomic mass is 10.1. The number of hydrogen-bond acceptors (Lipinski definition) is 4.